The van der Waals surface area contributed by atoms with Crippen LogP contribution in [0.15, 0.2) is 42.0 Å². The number of benzene rings is 1. The highest BCUT2D eigenvalue weighted by atomic mass is 17.2. The van der Waals surface area contributed by atoms with Gasteiger partial charge in [0.15, 0.2) is 0 Å². The molecule has 0 amide bonds. The molecule has 86 valence electrons. The lowest BCUT2D eigenvalue weighted by molar-refractivity contribution is -0.265. The van der Waals surface area contributed by atoms with Crippen molar-refractivity contribution in [3.05, 3.63) is 47.5 Å². The molecule has 0 aliphatic rings. The van der Waals surface area contributed by atoms with Crippen molar-refractivity contribution in [2.45, 2.75) is 20.3 Å². The van der Waals surface area contributed by atoms with Gasteiger partial charge in [-0.2, -0.15) is 4.89 Å². The monoisotopic (exact) mass is 220 g/mol. The van der Waals surface area contributed by atoms with E-state index in [9.17, 15) is 4.79 Å². The zero-order chi connectivity index (χ0) is 11.8. The van der Waals surface area contributed by atoms with E-state index in [1.807, 2.05) is 36.4 Å². The average molecular weight is 220 g/mol. The van der Waals surface area contributed by atoms with E-state index in [2.05, 4.69) is 9.78 Å². The van der Waals surface area contributed by atoms with E-state index in [0.29, 0.717) is 18.6 Å². The van der Waals surface area contributed by atoms with Crippen molar-refractivity contribution < 1.29 is 14.6 Å². The molecule has 0 aliphatic heterocycles. The molecule has 0 unspecified atom stereocenters. The Morgan fingerprint density at radius 3 is 2.62 bits per heavy atom. The molecule has 0 spiro atoms. The minimum absolute atomic E-state index is 0.359. The van der Waals surface area contributed by atoms with Crippen molar-refractivity contribution in [3.63, 3.8) is 0 Å². The van der Waals surface area contributed by atoms with Gasteiger partial charge in [0.05, 0.1) is 6.61 Å². The van der Waals surface area contributed by atoms with Gasteiger partial charge in [0.2, 0.25) is 0 Å². The summed E-state index contributed by atoms with van der Waals surface area (Å²) >= 11 is 0. The van der Waals surface area contributed by atoms with E-state index in [0.717, 1.165) is 5.56 Å². The first-order valence-corrected chi connectivity index (χ1v) is 5.28. The Morgan fingerprint density at radius 1 is 1.31 bits per heavy atom. The average Bonchev–Trinajstić information content (AvgIpc) is 2.34. The van der Waals surface area contributed by atoms with E-state index < -0.39 is 5.97 Å². The molecular formula is C13H16O3. The van der Waals surface area contributed by atoms with Crippen molar-refractivity contribution in [1.82, 2.24) is 0 Å². The fraction of sp³-hybridized carbons (Fsp3) is 0.308. The maximum Gasteiger partial charge on any atom is 0.368 e. The van der Waals surface area contributed by atoms with E-state index in [1.165, 1.54) is 0 Å². The van der Waals surface area contributed by atoms with Gasteiger partial charge in [-0.3, -0.25) is 4.89 Å². The number of rotatable bonds is 5. The zero-order valence-electron chi connectivity index (χ0n) is 9.60. The Kier molecular flexibility index (Phi) is 5.29. The van der Waals surface area contributed by atoms with Crippen LogP contribution in [-0.4, -0.2) is 12.6 Å². The molecule has 0 aromatic heterocycles. The molecule has 0 bridgehead atoms. The van der Waals surface area contributed by atoms with Crippen LogP contribution in [0.1, 0.15) is 19.4 Å². The number of hydrogen-bond donors (Lipinski definition) is 0. The summed E-state index contributed by atoms with van der Waals surface area (Å²) in [5.41, 5.74) is 1.71. The van der Waals surface area contributed by atoms with Crippen molar-refractivity contribution in [3.8, 4) is 0 Å². The van der Waals surface area contributed by atoms with Crippen molar-refractivity contribution in [2.75, 3.05) is 6.61 Å². The fourth-order valence-electron chi connectivity index (χ4n) is 1.15. The maximum absolute atomic E-state index is 11.3. The highest BCUT2D eigenvalue weighted by Gasteiger charge is 2.05. The number of carbonyl (C=O) groups is 1. The highest BCUT2D eigenvalue weighted by molar-refractivity contribution is 5.87. The van der Waals surface area contributed by atoms with Crippen molar-refractivity contribution >= 4 is 5.97 Å². The van der Waals surface area contributed by atoms with E-state index in [4.69, 9.17) is 0 Å². The predicted molar refractivity (Wildman–Crippen MR) is 61.6 cm³/mol. The summed E-state index contributed by atoms with van der Waals surface area (Å²) in [6.07, 6.45) is 2.55. The largest absolute Gasteiger partial charge is 0.368 e. The van der Waals surface area contributed by atoms with E-state index in [1.54, 1.807) is 13.8 Å². The molecule has 0 fully saturated rings. The summed E-state index contributed by atoms with van der Waals surface area (Å²) in [4.78, 5) is 20.4. The molecule has 3 nitrogen and oxygen atoms in total. The molecule has 0 heterocycles. The molecule has 1 aromatic carbocycles. The molecule has 0 radical (unpaired) electrons. The van der Waals surface area contributed by atoms with Gasteiger partial charge in [0.1, 0.15) is 0 Å². The SMILES string of the molecule is CCOOC(=O)C(C)=CCc1ccccc1. The summed E-state index contributed by atoms with van der Waals surface area (Å²) in [6.45, 7) is 3.83. The number of hydrogen-bond acceptors (Lipinski definition) is 3. The van der Waals surface area contributed by atoms with Crippen LogP contribution < -0.4 is 0 Å². The molecular weight excluding hydrogens is 204 g/mol. The molecule has 0 atom stereocenters. The molecule has 0 aliphatic carbocycles. The molecule has 1 rings (SSSR count). The van der Waals surface area contributed by atoms with Gasteiger partial charge < -0.3 is 0 Å². The highest BCUT2D eigenvalue weighted by Crippen LogP contribution is 2.04. The molecule has 16 heavy (non-hydrogen) atoms. The predicted octanol–water partition coefficient (Wildman–Crippen LogP) is 2.67. The first-order valence-electron chi connectivity index (χ1n) is 5.28. The minimum atomic E-state index is -0.433. The standard InChI is InChI=1S/C13H16O3/c1-3-15-16-13(14)11(2)9-10-12-7-5-4-6-8-12/h4-9H,3,10H2,1-2H3. The Balaban J connectivity index is 2.48. The van der Waals surface area contributed by atoms with Crippen LogP contribution in [0, 0.1) is 0 Å². The topological polar surface area (TPSA) is 35.5 Å². The Bertz CT molecular complexity index is 355. The van der Waals surface area contributed by atoms with Gasteiger partial charge in [0, 0.05) is 5.57 Å². The lowest BCUT2D eigenvalue weighted by Crippen LogP contribution is -2.06. The summed E-state index contributed by atoms with van der Waals surface area (Å²) in [6, 6.07) is 9.92. The van der Waals surface area contributed by atoms with Crippen molar-refractivity contribution in [2.24, 2.45) is 0 Å². The lowest BCUT2D eigenvalue weighted by atomic mass is 10.1. The van der Waals surface area contributed by atoms with Crippen LogP contribution in [0.4, 0.5) is 0 Å². The van der Waals surface area contributed by atoms with E-state index in [-0.39, 0.29) is 0 Å². The lowest BCUT2D eigenvalue weighted by Gasteiger charge is -2.01. The van der Waals surface area contributed by atoms with Crippen LogP contribution in [0.5, 0.6) is 0 Å². The second kappa shape index (κ2) is 6.80. The van der Waals surface area contributed by atoms with Gasteiger partial charge in [-0.05, 0) is 25.8 Å². The quantitative estimate of drug-likeness (QED) is 0.435. The second-order valence-corrected chi connectivity index (χ2v) is 3.35. The molecule has 3 heteroatoms. The smallest absolute Gasteiger partial charge is 0.293 e. The first kappa shape index (κ1) is 12.5. The first-order chi connectivity index (χ1) is 7.74. The third kappa shape index (κ3) is 4.28. The zero-order valence-corrected chi connectivity index (χ0v) is 9.60. The van der Waals surface area contributed by atoms with Crippen LogP contribution in [0.25, 0.3) is 0 Å². The molecule has 0 saturated heterocycles. The summed E-state index contributed by atoms with van der Waals surface area (Å²) < 4.78 is 0. The van der Waals surface area contributed by atoms with Gasteiger partial charge in [-0.1, -0.05) is 36.4 Å². The van der Waals surface area contributed by atoms with Crippen LogP contribution in [0.2, 0.25) is 0 Å². The van der Waals surface area contributed by atoms with Crippen molar-refractivity contribution in [1.29, 1.82) is 0 Å². The summed E-state index contributed by atoms with van der Waals surface area (Å²) in [5, 5.41) is 0. The Hall–Kier alpha value is -1.61. The Labute approximate surface area is 95.6 Å². The molecule has 0 N–H and O–H groups in total. The van der Waals surface area contributed by atoms with Gasteiger partial charge >= 0.3 is 5.97 Å². The Morgan fingerprint density at radius 2 is 2.00 bits per heavy atom. The van der Waals surface area contributed by atoms with Gasteiger partial charge in [-0.25, -0.2) is 4.79 Å². The normalized spacial score (nSPS) is 11.2. The van der Waals surface area contributed by atoms with Crippen LogP contribution in [-0.2, 0) is 21.0 Å². The van der Waals surface area contributed by atoms with Crippen LogP contribution >= 0.6 is 0 Å². The number of carbonyl (C=O) groups excluding carboxylic acids is 1. The maximum atomic E-state index is 11.3. The molecule has 1 aromatic rings. The number of allylic oxidation sites excluding steroid dienone is 1. The second-order valence-electron chi connectivity index (χ2n) is 3.35. The summed E-state index contributed by atoms with van der Waals surface area (Å²) in [7, 11) is 0. The third-order valence-electron chi connectivity index (χ3n) is 2.06. The van der Waals surface area contributed by atoms with Gasteiger partial charge in [-0.15, -0.1) is 0 Å². The third-order valence-corrected chi connectivity index (χ3v) is 2.06. The van der Waals surface area contributed by atoms with Crippen LogP contribution in [0.3, 0.4) is 0 Å². The fourth-order valence-corrected chi connectivity index (χ4v) is 1.15. The van der Waals surface area contributed by atoms with Gasteiger partial charge in [0.25, 0.3) is 0 Å². The minimum Gasteiger partial charge on any atom is -0.293 e. The summed E-state index contributed by atoms with van der Waals surface area (Å²) in [5.74, 6) is -0.433. The van der Waals surface area contributed by atoms with E-state index >= 15 is 0 Å². The molecule has 0 saturated carbocycles.